The minimum Gasteiger partial charge on any atom is -0.287 e. The number of hydrogen-bond donors (Lipinski definition) is 0. The maximum absolute atomic E-state index is 12.4. The number of Topliss-reactive ketones (excluding diaryl/α,β-unsaturated/α-hetero) is 1. The van der Waals surface area contributed by atoms with Crippen molar-refractivity contribution in [2.45, 2.75) is 24.7 Å². The third kappa shape index (κ3) is 2.72. The molecule has 0 saturated heterocycles. The fourth-order valence-corrected chi connectivity index (χ4v) is 3.53. The van der Waals surface area contributed by atoms with Crippen molar-refractivity contribution < 1.29 is 13.2 Å². The molecule has 0 aromatic heterocycles. The van der Waals surface area contributed by atoms with E-state index in [1.165, 1.54) is 12.1 Å². The van der Waals surface area contributed by atoms with Gasteiger partial charge in [-0.1, -0.05) is 42.0 Å². The van der Waals surface area contributed by atoms with E-state index in [0.717, 1.165) is 11.1 Å². The van der Waals surface area contributed by atoms with Gasteiger partial charge in [0.1, 0.15) is 5.71 Å². The van der Waals surface area contributed by atoms with Gasteiger partial charge in [0.2, 0.25) is 5.78 Å². The van der Waals surface area contributed by atoms with Crippen LogP contribution >= 0.6 is 0 Å². The zero-order valence-electron chi connectivity index (χ0n) is 12.1. The first-order valence-corrected chi connectivity index (χ1v) is 8.44. The predicted molar refractivity (Wildman–Crippen MR) is 84.9 cm³/mol. The summed E-state index contributed by atoms with van der Waals surface area (Å²) in [7, 11) is -3.84. The van der Waals surface area contributed by atoms with Gasteiger partial charge in [0.15, 0.2) is 0 Å². The van der Waals surface area contributed by atoms with E-state index in [1.807, 2.05) is 19.1 Å². The first-order chi connectivity index (χ1) is 10.5. The molecule has 0 N–H and O–H groups in total. The monoisotopic (exact) mass is 313 g/mol. The molecule has 2 aromatic carbocycles. The Morgan fingerprint density at radius 3 is 2.36 bits per heavy atom. The Balaban J connectivity index is 1.99. The minimum absolute atomic E-state index is 0.109. The second-order valence-corrected chi connectivity index (χ2v) is 6.92. The summed E-state index contributed by atoms with van der Waals surface area (Å²) in [6.07, 6.45) is 0.977. The Labute approximate surface area is 129 Å². The Morgan fingerprint density at radius 1 is 0.955 bits per heavy atom. The molecule has 2 aromatic rings. The highest BCUT2D eigenvalue weighted by molar-refractivity contribution is 7.90. The lowest BCUT2D eigenvalue weighted by Crippen LogP contribution is -2.23. The number of aryl methyl sites for hydroxylation is 2. The van der Waals surface area contributed by atoms with Crippen LogP contribution in [0.4, 0.5) is 0 Å². The second kappa shape index (κ2) is 5.50. The Hall–Kier alpha value is -2.27. The molecule has 4 nitrogen and oxygen atoms in total. The largest absolute Gasteiger partial charge is 0.287 e. The molecule has 112 valence electrons. The van der Waals surface area contributed by atoms with E-state index in [0.29, 0.717) is 18.4 Å². The Kier molecular flexibility index (Phi) is 3.66. The third-order valence-electron chi connectivity index (χ3n) is 3.70. The van der Waals surface area contributed by atoms with Crippen molar-refractivity contribution >= 4 is 21.5 Å². The average molecular weight is 313 g/mol. The molecule has 0 amide bonds. The SMILES string of the molecule is Cc1ccc(S(=O)(=O)N=C2CCc3ccccc3C2=O)cc1. The zero-order valence-corrected chi connectivity index (χ0v) is 12.9. The number of rotatable bonds is 2. The van der Waals surface area contributed by atoms with Crippen molar-refractivity contribution in [2.75, 3.05) is 0 Å². The van der Waals surface area contributed by atoms with Crippen LogP contribution in [-0.4, -0.2) is 19.9 Å². The lowest BCUT2D eigenvalue weighted by Gasteiger charge is -2.15. The summed E-state index contributed by atoms with van der Waals surface area (Å²) >= 11 is 0. The van der Waals surface area contributed by atoms with E-state index < -0.39 is 10.0 Å². The molecule has 0 radical (unpaired) electrons. The van der Waals surface area contributed by atoms with Crippen molar-refractivity contribution in [2.24, 2.45) is 4.40 Å². The summed E-state index contributed by atoms with van der Waals surface area (Å²) in [5, 5.41) is 0. The molecule has 0 unspecified atom stereocenters. The van der Waals surface area contributed by atoms with Gasteiger partial charge in [0.25, 0.3) is 10.0 Å². The van der Waals surface area contributed by atoms with Gasteiger partial charge < -0.3 is 0 Å². The first kappa shape index (κ1) is 14.7. The maximum Gasteiger partial charge on any atom is 0.282 e. The molecule has 0 heterocycles. The number of ketones is 1. The van der Waals surface area contributed by atoms with Gasteiger partial charge in [0, 0.05) is 5.56 Å². The maximum atomic E-state index is 12.4. The van der Waals surface area contributed by atoms with Crippen molar-refractivity contribution in [1.29, 1.82) is 0 Å². The number of sulfonamides is 1. The van der Waals surface area contributed by atoms with Gasteiger partial charge in [-0.05, 0) is 37.5 Å². The molecule has 3 rings (SSSR count). The fraction of sp³-hybridized carbons (Fsp3) is 0.176. The average Bonchev–Trinajstić information content (AvgIpc) is 2.51. The molecule has 0 atom stereocenters. The summed E-state index contributed by atoms with van der Waals surface area (Å²) in [6.45, 7) is 1.88. The summed E-state index contributed by atoms with van der Waals surface area (Å²) in [5.74, 6) is -0.294. The van der Waals surface area contributed by atoms with E-state index in [1.54, 1.807) is 24.3 Å². The van der Waals surface area contributed by atoms with E-state index in [4.69, 9.17) is 0 Å². The van der Waals surface area contributed by atoms with Gasteiger partial charge in [-0.2, -0.15) is 12.8 Å². The molecule has 1 aliphatic rings. The molecule has 0 spiro atoms. The summed E-state index contributed by atoms with van der Waals surface area (Å²) in [6, 6.07) is 13.7. The molecule has 1 aliphatic carbocycles. The predicted octanol–water partition coefficient (Wildman–Crippen LogP) is 2.95. The molecule has 0 saturated carbocycles. The summed E-state index contributed by atoms with van der Waals surface area (Å²) in [5.41, 5.74) is 2.57. The molecule has 5 heteroatoms. The first-order valence-electron chi connectivity index (χ1n) is 7.00. The van der Waals surface area contributed by atoms with Crippen molar-refractivity contribution in [3.8, 4) is 0 Å². The highest BCUT2D eigenvalue weighted by Crippen LogP contribution is 2.22. The van der Waals surface area contributed by atoms with Crippen LogP contribution in [0.2, 0.25) is 0 Å². The number of hydrogen-bond acceptors (Lipinski definition) is 3. The van der Waals surface area contributed by atoms with Crippen LogP contribution in [0.3, 0.4) is 0 Å². The van der Waals surface area contributed by atoms with Crippen LogP contribution in [0.25, 0.3) is 0 Å². The topological polar surface area (TPSA) is 63.6 Å². The summed E-state index contributed by atoms with van der Waals surface area (Å²) in [4.78, 5) is 12.5. The quantitative estimate of drug-likeness (QED) is 0.856. The van der Waals surface area contributed by atoms with Gasteiger partial charge in [-0.3, -0.25) is 4.79 Å². The van der Waals surface area contributed by atoms with Crippen LogP contribution in [0.1, 0.15) is 27.9 Å². The molecule has 0 fully saturated rings. The molecular weight excluding hydrogens is 298 g/mol. The van der Waals surface area contributed by atoms with E-state index in [2.05, 4.69) is 4.40 Å². The van der Waals surface area contributed by atoms with Crippen molar-refractivity contribution in [3.05, 3.63) is 65.2 Å². The van der Waals surface area contributed by atoms with Crippen LogP contribution in [0.15, 0.2) is 57.8 Å². The van der Waals surface area contributed by atoms with E-state index >= 15 is 0 Å². The van der Waals surface area contributed by atoms with Gasteiger partial charge in [0.05, 0.1) is 4.90 Å². The molecule has 0 aliphatic heterocycles. The molecule has 22 heavy (non-hydrogen) atoms. The second-order valence-electron chi connectivity index (χ2n) is 5.31. The smallest absolute Gasteiger partial charge is 0.282 e. The fourth-order valence-electron chi connectivity index (χ4n) is 2.48. The minimum atomic E-state index is -3.84. The van der Waals surface area contributed by atoms with Crippen LogP contribution in [0, 0.1) is 6.92 Å². The van der Waals surface area contributed by atoms with Crippen LogP contribution < -0.4 is 0 Å². The van der Waals surface area contributed by atoms with Gasteiger partial charge in [-0.25, -0.2) is 0 Å². The van der Waals surface area contributed by atoms with E-state index in [9.17, 15) is 13.2 Å². The highest BCUT2D eigenvalue weighted by atomic mass is 32.2. The van der Waals surface area contributed by atoms with E-state index in [-0.39, 0.29) is 16.4 Å². The molecule has 0 bridgehead atoms. The number of carbonyl (C=O) groups excluding carboxylic acids is 1. The Morgan fingerprint density at radius 2 is 1.64 bits per heavy atom. The number of carbonyl (C=O) groups is 1. The van der Waals surface area contributed by atoms with Gasteiger partial charge in [-0.15, -0.1) is 0 Å². The normalized spacial score (nSPS) is 16.6. The standard InChI is InChI=1S/C17H15NO3S/c1-12-6-9-14(10-7-12)22(20,21)18-16-11-8-13-4-2-3-5-15(13)17(16)19/h2-7,9-10H,8,11H2,1H3. The van der Waals surface area contributed by atoms with Crippen LogP contribution in [-0.2, 0) is 16.4 Å². The third-order valence-corrected chi connectivity index (χ3v) is 5.03. The number of fused-ring (bicyclic) bond motifs is 1. The lowest BCUT2D eigenvalue weighted by atomic mass is 9.89. The number of nitrogens with zero attached hydrogens (tertiary/aromatic N) is 1. The Bertz CT molecular complexity index is 865. The van der Waals surface area contributed by atoms with Crippen molar-refractivity contribution in [1.82, 2.24) is 0 Å². The molecular formula is C17H15NO3S. The van der Waals surface area contributed by atoms with Crippen LogP contribution in [0.5, 0.6) is 0 Å². The lowest BCUT2D eigenvalue weighted by molar-refractivity contribution is 0.106. The summed E-state index contributed by atoms with van der Waals surface area (Å²) < 4.78 is 28.4. The van der Waals surface area contributed by atoms with Crippen molar-refractivity contribution in [3.63, 3.8) is 0 Å². The van der Waals surface area contributed by atoms with Gasteiger partial charge >= 0.3 is 0 Å². The number of benzene rings is 2. The highest BCUT2D eigenvalue weighted by Gasteiger charge is 2.25. The zero-order chi connectivity index (χ0) is 15.7.